The zero-order chi connectivity index (χ0) is 16.4. The van der Waals surface area contributed by atoms with E-state index in [-0.39, 0.29) is 5.82 Å². The number of aromatic nitrogens is 3. The lowest BCUT2D eigenvalue weighted by Gasteiger charge is -2.20. The molecule has 0 bridgehead atoms. The minimum Gasteiger partial charge on any atom is -0.338 e. The van der Waals surface area contributed by atoms with Crippen molar-refractivity contribution in [1.82, 2.24) is 20.0 Å². The highest BCUT2D eigenvalue weighted by molar-refractivity contribution is 5.51. The molecule has 1 aromatic carbocycles. The molecule has 0 unspecified atom stereocenters. The van der Waals surface area contributed by atoms with Crippen molar-refractivity contribution in [2.45, 2.75) is 32.0 Å². The molecular formula is C18H17FN4O. The standard InChI is InChI=1S/C18H17FN4O/c19-16-6-2-1-4-14(16)11-23(15-7-8-15)12-17-21-18(22-24-17)13-5-3-9-20-10-13/h1-6,9-10,15H,7-8,11-12H2. The number of hydrogen-bond donors (Lipinski definition) is 0. The minimum atomic E-state index is -0.176. The fraction of sp³-hybridized carbons (Fsp3) is 0.278. The first-order valence-electron chi connectivity index (χ1n) is 8.00. The van der Waals surface area contributed by atoms with Crippen molar-refractivity contribution in [1.29, 1.82) is 0 Å². The highest BCUT2D eigenvalue weighted by Gasteiger charge is 2.30. The summed E-state index contributed by atoms with van der Waals surface area (Å²) in [6.45, 7) is 1.06. The topological polar surface area (TPSA) is 55.1 Å². The SMILES string of the molecule is Fc1ccccc1CN(Cc1nc(-c2cccnc2)no1)C1CC1. The van der Waals surface area contributed by atoms with E-state index in [1.807, 2.05) is 24.3 Å². The van der Waals surface area contributed by atoms with Gasteiger partial charge >= 0.3 is 0 Å². The molecule has 1 aliphatic carbocycles. The summed E-state index contributed by atoms with van der Waals surface area (Å²) in [6, 6.07) is 11.1. The third-order valence-corrected chi connectivity index (χ3v) is 4.12. The maximum absolute atomic E-state index is 13.9. The van der Waals surface area contributed by atoms with E-state index in [4.69, 9.17) is 4.52 Å². The minimum absolute atomic E-state index is 0.176. The summed E-state index contributed by atoms with van der Waals surface area (Å²) in [7, 11) is 0. The fourth-order valence-electron chi connectivity index (χ4n) is 2.70. The van der Waals surface area contributed by atoms with Gasteiger partial charge in [-0.05, 0) is 31.0 Å². The molecule has 0 amide bonds. The van der Waals surface area contributed by atoms with E-state index in [0.29, 0.717) is 36.4 Å². The van der Waals surface area contributed by atoms with Gasteiger partial charge in [-0.15, -0.1) is 0 Å². The van der Waals surface area contributed by atoms with Gasteiger partial charge in [0.25, 0.3) is 0 Å². The molecule has 3 aromatic rings. The molecular weight excluding hydrogens is 307 g/mol. The van der Waals surface area contributed by atoms with E-state index in [9.17, 15) is 4.39 Å². The molecule has 6 heteroatoms. The summed E-state index contributed by atoms with van der Waals surface area (Å²) >= 11 is 0. The Bertz CT molecular complexity index is 817. The van der Waals surface area contributed by atoms with Crippen LogP contribution in [0.4, 0.5) is 4.39 Å². The first kappa shape index (κ1) is 15.0. The molecule has 0 saturated heterocycles. The average Bonchev–Trinajstić information content (AvgIpc) is 3.36. The summed E-state index contributed by atoms with van der Waals surface area (Å²) in [5.74, 6) is 0.890. The zero-order valence-electron chi connectivity index (χ0n) is 13.1. The van der Waals surface area contributed by atoms with Crippen molar-refractivity contribution < 1.29 is 8.91 Å². The van der Waals surface area contributed by atoms with Crippen LogP contribution in [0.5, 0.6) is 0 Å². The highest BCUT2D eigenvalue weighted by atomic mass is 19.1. The molecule has 0 radical (unpaired) electrons. The Morgan fingerprint density at radius 3 is 2.75 bits per heavy atom. The second-order valence-electron chi connectivity index (χ2n) is 5.98. The van der Waals surface area contributed by atoms with E-state index < -0.39 is 0 Å². The van der Waals surface area contributed by atoms with Crippen LogP contribution in [0.2, 0.25) is 0 Å². The van der Waals surface area contributed by atoms with Crippen LogP contribution in [-0.4, -0.2) is 26.1 Å². The molecule has 2 aromatic heterocycles. The quantitative estimate of drug-likeness (QED) is 0.695. The van der Waals surface area contributed by atoms with Crippen molar-refractivity contribution in [3.8, 4) is 11.4 Å². The smallest absolute Gasteiger partial charge is 0.241 e. The van der Waals surface area contributed by atoms with Gasteiger partial charge in [0, 0.05) is 36.1 Å². The molecule has 5 nitrogen and oxygen atoms in total. The number of halogens is 1. The zero-order valence-corrected chi connectivity index (χ0v) is 13.1. The Hall–Kier alpha value is -2.60. The molecule has 2 heterocycles. The van der Waals surface area contributed by atoms with Gasteiger partial charge < -0.3 is 4.52 Å². The van der Waals surface area contributed by atoms with E-state index in [1.165, 1.54) is 6.07 Å². The molecule has 4 rings (SSSR count). The maximum Gasteiger partial charge on any atom is 0.241 e. The van der Waals surface area contributed by atoms with Gasteiger partial charge in [-0.25, -0.2) is 4.39 Å². The molecule has 0 N–H and O–H groups in total. The number of hydrogen-bond acceptors (Lipinski definition) is 5. The lowest BCUT2D eigenvalue weighted by molar-refractivity contribution is 0.207. The first-order chi connectivity index (χ1) is 11.8. The highest BCUT2D eigenvalue weighted by Crippen LogP contribution is 2.30. The van der Waals surface area contributed by atoms with Crippen LogP contribution in [0.15, 0.2) is 53.3 Å². The van der Waals surface area contributed by atoms with Crippen molar-refractivity contribution in [3.63, 3.8) is 0 Å². The van der Waals surface area contributed by atoms with Crippen LogP contribution in [0.3, 0.4) is 0 Å². The summed E-state index contributed by atoms with van der Waals surface area (Å²) in [6.07, 6.45) is 5.65. The molecule has 1 fully saturated rings. The van der Waals surface area contributed by atoms with Gasteiger partial charge in [-0.1, -0.05) is 23.4 Å². The lowest BCUT2D eigenvalue weighted by atomic mass is 10.2. The summed E-state index contributed by atoms with van der Waals surface area (Å²) in [4.78, 5) is 10.7. The summed E-state index contributed by atoms with van der Waals surface area (Å²) in [5, 5.41) is 4.02. The Morgan fingerprint density at radius 1 is 1.12 bits per heavy atom. The van der Waals surface area contributed by atoms with Crippen LogP contribution in [0.25, 0.3) is 11.4 Å². The molecule has 1 aliphatic rings. The van der Waals surface area contributed by atoms with Gasteiger partial charge in [-0.3, -0.25) is 9.88 Å². The normalized spacial score (nSPS) is 14.2. The molecule has 0 atom stereocenters. The summed E-state index contributed by atoms with van der Waals surface area (Å²) in [5.41, 5.74) is 1.51. The predicted molar refractivity (Wildman–Crippen MR) is 86.2 cm³/mol. The van der Waals surface area contributed by atoms with Crippen molar-refractivity contribution in [3.05, 3.63) is 66.1 Å². The lowest BCUT2D eigenvalue weighted by Crippen LogP contribution is -2.25. The van der Waals surface area contributed by atoms with Crippen molar-refractivity contribution in [2.75, 3.05) is 0 Å². The molecule has 122 valence electrons. The largest absolute Gasteiger partial charge is 0.338 e. The van der Waals surface area contributed by atoms with Crippen LogP contribution in [0.1, 0.15) is 24.3 Å². The van der Waals surface area contributed by atoms with E-state index in [0.717, 1.165) is 18.4 Å². The van der Waals surface area contributed by atoms with E-state index in [1.54, 1.807) is 18.5 Å². The Labute approximate surface area is 139 Å². The first-order valence-corrected chi connectivity index (χ1v) is 8.00. The number of nitrogens with zero attached hydrogens (tertiary/aromatic N) is 4. The molecule has 0 spiro atoms. The van der Waals surface area contributed by atoms with Gasteiger partial charge in [-0.2, -0.15) is 4.98 Å². The molecule has 0 aliphatic heterocycles. The average molecular weight is 324 g/mol. The predicted octanol–water partition coefficient (Wildman–Crippen LogP) is 3.44. The Balaban J connectivity index is 1.50. The van der Waals surface area contributed by atoms with Gasteiger partial charge in [0.2, 0.25) is 11.7 Å². The van der Waals surface area contributed by atoms with Crippen LogP contribution in [-0.2, 0) is 13.1 Å². The van der Waals surface area contributed by atoms with Gasteiger partial charge in [0.1, 0.15) is 5.82 Å². The number of pyridine rings is 1. The van der Waals surface area contributed by atoms with Crippen LogP contribution >= 0.6 is 0 Å². The summed E-state index contributed by atoms with van der Waals surface area (Å²) < 4.78 is 19.3. The van der Waals surface area contributed by atoms with Crippen LogP contribution in [0, 0.1) is 5.82 Å². The fourth-order valence-corrected chi connectivity index (χ4v) is 2.70. The third-order valence-electron chi connectivity index (χ3n) is 4.12. The van der Waals surface area contributed by atoms with Crippen molar-refractivity contribution >= 4 is 0 Å². The number of rotatable bonds is 6. The Morgan fingerprint density at radius 2 is 2.00 bits per heavy atom. The van der Waals surface area contributed by atoms with E-state index >= 15 is 0 Å². The second-order valence-corrected chi connectivity index (χ2v) is 5.98. The second kappa shape index (κ2) is 6.49. The number of benzene rings is 1. The Kier molecular flexibility index (Phi) is 4.04. The van der Waals surface area contributed by atoms with Gasteiger partial charge in [0.15, 0.2) is 0 Å². The maximum atomic E-state index is 13.9. The molecule has 1 saturated carbocycles. The monoisotopic (exact) mass is 324 g/mol. The van der Waals surface area contributed by atoms with E-state index in [2.05, 4.69) is 20.0 Å². The molecule has 24 heavy (non-hydrogen) atoms. The van der Waals surface area contributed by atoms with Crippen LogP contribution < -0.4 is 0 Å². The third kappa shape index (κ3) is 3.33. The van der Waals surface area contributed by atoms with Gasteiger partial charge in [0.05, 0.1) is 6.54 Å². The van der Waals surface area contributed by atoms with Crippen molar-refractivity contribution in [2.24, 2.45) is 0 Å².